The molecule has 0 saturated carbocycles. The Morgan fingerprint density at radius 1 is 1.54 bits per heavy atom. The van der Waals surface area contributed by atoms with Crippen LogP contribution < -0.4 is 0 Å². The fourth-order valence-electron chi connectivity index (χ4n) is 0.730. The van der Waals surface area contributed by atoms with Crippen LogP contribution >= 0.6 is 0 Å². The molecule has 0 aromatic carbocycles. The monoisotopic (exact) mass is 181 g/mol. The zero-order valence-electron chi connectivity index (χ0n) is 8.48. The Labute approximate surface area is 78.2 Å². The Balaban J connectivity index is 2.55. The van der Waals surface area contributed by atoms with Crippen molar-refractivity contribution in [3.63, 3.8) is 0 Å². The first-order chi connectivity index (χ1) is 5.99. The first kappa shape index (κ1) is 9.77. The molecule has 13 heavy (non-hydrogen) atoms. The van der Waals surface area contributed by atoms with Crippen molar-refractivity contribution in [3.8, 4) is 0 Å². The predicted molar refractivity (Wildman–Crippen MR) is 51.6 cm³/mol. The number of aromatic nitrogens is 2. The van der Waals surface area contributed by atoms with Crippen molar-refractivity contribution in [1.82, 2.24) is 9.55 Å². The van der Waals surface area contributed by atoms with Crippen molar-refractivity contribution in [3.05, 3.63) is 18.2 Å². The van der Waals surface area contributed by atoms with Crippen molar-refractivity contribution in [2.45, 2.75) is 26.4 Å². The third kappa shape index (κ3) is 3.27. The molecule has 72 valence electrons. The summed E-state index contributed by atoms with van der Waals surface area (Å²) >= 11 is 0. The van der Waals surface area contributed by atoms with Crippen molar-refractivity contribution in [2.24, 2.45) is 12.2 Å². The van der Waals surface area contributed by atoms with E-state index in [0.717, 1.165) is 5.69 Å². The second kappa shape index (κ2) is 3.60. The maximum Gasteiger partial charge on any atom is 0.129 e. The average Bonchev–Trinajstić information content (AvgIpc) is 2.34. The van der Waals surface area contributed by atoms with E-state index in [1.165, 1.54) is 0 Å². The molecule has 0 unspecified atom stereocenters. The minimum atomic E-state index is -0.241. The molecule has 4 heteroatoms. The van der Waals surface area contributed by atoms with Gasteiger partial charge in [-0.05, 0) is 20.8 Å². The van der Waals surface area contributed by atoms with Crippen LogP contribution in [0, 0.1) is 0 Å². The fraction of sp³-hybridized carbons (Fsp3) is 0.556. The first-order valence-corrected chi connectivity index (χ1v) is 4.17. The Kier molecular flexibility index (Phi) is 2.70. The van der Waals surface area contributed by atoms with Gasteiger partial charge < -0.3 is 9.40 Å². The van der Waals surface area contributed by atoms with Gasteiger partial charge in [0.1, 0.15) is 5.60 Å². The number of hydrogen-bond acceptors (Lipinski definition) is 3. The fourth-order valence-corrected chi connectivity index (χ4v) is 0.730. The van der Waals surface area contributed by atoms with E-state index in [4.69, 9.17) is 4.84 Å². The van der Waals surface area contributed by atoms with Crippen molar-refractivity contribution >= 4 is 6.21 Å². The molecule has 0 amide bonds. The zero-order chi connectivity index (χ0) is 9.90. The molecule has 1 aromatic heterocycles. The van der Waals surface area contributed by atoms with E-state index in [1.54, 1.807) is 18.7 Å². The molecule has 1 aromatic rings. The second-order valence-electron chi connectivity index (χ2n) is 3.87. The first-order valence-electron chi connectivity index (χ1n) is 4.17. The zero-order valence-corrected chi connectivity index (χ0v) is 8.48. The highest BCUT2D eigenvalue weighted by Crippen LogP contribution is 2.06. The summed E-state index contributed by atoms with van der Waals surface area (Å²) < 4.78 is 1.87. The van der Waals surface area contributed by atoms with Gasteiger partial charge in [0, 0.05) is 7.05 Å². The molecular formula is C9H15N3O. The molecule has 0 aliphatic heterocycles. The third-order valence-corrected chi connectivity index (χ3v) is 1.37. The molecule has 1 heterocycles. The Morgan fingerprint density at radius 3 is 2.69 bits per heavy atom. The van der Waals surface area contributed by atoms with E-state index in [2.05, 4.69) is 10.1 Å². The summed E-state index contributed by atoms with van der Waals surface area (Å²) in [7, 11) is 1.91. The summed E-state index contributed by atoms with van der Waals surface area (Å²) in [6, 6.07) is 0. The van der Waals surface area contributed by atoms with Crippen LogP contribution in [0.3, 0.4) is 0 Å². The lowest BCUT2D eigenvalue weighted by atomic mass is 10.2. The van der Waals surface area contributed by atoms with E-state index in [-0.39, 0.29) is 5.60 Å². The molecule has 0 aliphatic carbocycles. The SMILES string of the molecule is Cn1cncc1/C=N/OC(C)(C)C. The number of rotatable bonds is 2. The molecule has 0 bridgehead atoms. The highest BCUT2D eigenvalue weighted by atomic mass is 16.6. The quantitative estimate of drug-likeness (QED) is 0.513. The van der Waals surface area contributed by atoms with Gasteiger partial charge in [0.25, 0.3) is 0 Å². The van der Waals surface area contributed by atoms with Crippen LogP contribution in [0.5, 0.6) is 0 Å². The Bertz CT molecular complexity index is 296. The van der Waals surface area contributed by atoms with E-state index >= 15 is 0 Å². The second-order valence-corrected chi connectivity index (χ2v) is 3.87. The van der Waals surface area contributed by atoms with Crippen molar-refractivity contribution in [1.29, 1.82) is 0 Å². The highest BCUT2D eigenvalue weighted by molar-refractivity contribution is 5.76. The van der Waals surface area contributed by atoms with Gasteiger partial charge in [-0.3, -0.25) is 0 Å². The third-order valence-electron chi connectivity index (χ3n) is 1.37. The average molecular weight is 181 g/mol. The maximum absolute atomic E-state index is 5.19. The van der Waals surface area contributed by atoms with Gasteiger partial charge in [-0.15, -0.1) is 0 Å². The number of aryl methyl sites for hydroxylation is 1. The van der Waals surface area contributed by atoms with E-state index < -0.39 is 0 Å². The maximum atomic E-state index is 5.19. The summed E-state index contributed by atoms with van der Waals surface area (Å²) in [5.74, 6) is 0. The molecule has 0 fully saturated rings. The van der Waals surface area contributed by atoms with Crippen LogP contribution in [0.25, 0.3) is 0 Å². The van der Waals surface area contributed by atoms with Gasteiger partial charge in [0.2, 0.25) is 0 Å². The molecule has 4 nitrogen and oxygen atoms in total. The lowest BCUT2D eigenvalue weighted by Gasteiger charge is -2.14. The minimum absolute atomic E-state index is 0.241. The van der Waals surface area contributed by atoms with Gasteiger partial charge in [0.05, 0.1) is 24.4 Å². The molecule has 1 rings (SSSR count). The molecule has 0 aliphatic rings. The summed E-state index contributed by atoms with van der Waals surface area (Å²) in [5.41, 5.74) is 0.680. The van der Waals surface area contributed by atoms with Gasteiger partial charge >= 0.3 is 0 Å². The van der Waals surface area contributed by atoms with Gasteiger partial charge in [0.15, 0.2) is 0 Å². The van der Waals surface area contributed by atoms with Gasteiger partial charge in [-0.1, -0.05) is 5.16 Å². The summed E-state index contributed by atoms with van der Waals surface area (Å²) in [6.45, 7) is 5.86. The summed E-state index contributed by atoms with van der Waals surface area (Å²) in [4.78, 5) is 9.14. The number of oxime groups is 1. The van der Waals surface area contributed by atoms with Crippen LogP contribution in [-0.2, 0) is 11.9 Å². The van der Waals surface area contributed by atoms with Gasteiger partial charge in [-0.25, -0.2) is 4.98 Å². The normalized spacial score (nSPS) is 12.3. The topological polar surface area (TPSA) is 39.4 Å². The van der Waals surface area contributed by atoms with E-state index in [1.807, 2.05) is 32.4 Å². The molecule has 0 radical (unpaired) electrons. The van der Waals surface area contributed by atoms with E-state index in [9.17, 15) is 0 Å². The van der Waals surface area contributed by atoms with Crippen LogP contribution in [0.2, 0.25) is 0 Å². The number of nitrogens with zero attached hydrogens (tertiary/aromatic N) is 3. The van der Waals surface area contributed by atoms with Crippen LogP contribution in [0.15, 0.2) is 17.7 Å². The van der Waals surface area contributed by atoms with Crippen molar-refractivity contribution < 1.29 is 4.84 Å². The number of hydrogen-bond donors (Lipinski definition) is 0. The molecule has 0 N–H and O–H groups in total. The van der Waals surface area contributed by atoms with E-state index in [0.29, 0.717) is 0 Å². The lowest BCUT2D eigenvalue weighted by molar-refractivity contribution is 0.00194. The van der Waals surface area contributed by atoms with Crippen LogP contribution in [0.1, 0.15) is 26.5 Å². The largest absolute Gasteiger partial charge is 0.390 e. The summed E-state index contributed by atoms with van der Waals surface area (Å²) in [6.07, 6.45) is 5.10. The standard InChI is InChI=1S/C9H15N3O/c1-9(2,3)13-11-6-8-5-10-7-12(8)4/h5-7H,1-4H3/b11-6+. The van der Waals surface area contributed by atoms with Crippen LogP contribution in [0.4, 0.5) is 0 Å². The van der Waals surface area contributed by atoms with Crippen molar-refractivity contribution in [2.75, 3.05) is 0 Å². The number of imidazole rings is 1. The lowest BCUT2D eigenvalue weighted by Crippen LogP contribution is -2.15. The predicted octanol–water partition coefficient (Wildman–Crippen LogP) is 1.57. The minimum Gasteiger partial charge on any atom is -0.390 e. The Hall–Kier alpha value is -1.32. The molecule has 0 spiro atoms. The smallest absolute Gasteiger partial charge is 0.129 e. The molecule has 0 saturated heterocycles. The summed E-state index contributed by atoms with van der Waals surface area (Å²) in [5, 5.41) is 3.86. The Morgan fingerprint density at radius 2 is 2.23 bits per heavy atom. The molecular weight excluding hydrogens is 166 g/mol. The van der Waals surface area contributed by atoms with Crippen LogP contribution in [-0.4, -0.2) is 21.4 Å². The highest BCUT2D eigenvalue weighted by Gasteiger charge is 2.09. The molecule has 0 atom stereocenters. The van der Waals surface area contributed by atoms with Gasteiger partial charge in [-0.2, -0.15) is 0 Å².